The van der Waals surface area contributed by atoms with Gasteiger partial charge in [0.1, 0.15) is 17.1 Å². The molecule has 2 aromatic heterocycles. The normalized spacial score (nSPS) is 10.5. The average Bonchev–Trinajstić information content (AvgIpc) is 2.92. The van der Waals surface area contributed by atoms with Crippen molar-refractivity contribution in [1.29, 1.82) is 5.26 Å². The Hall–Kier alpha value is -2.71. The van der Waals surface area contributed by atoms with Crippen LogP contribution < -0.4 is 9.47 Å². The number of imidazole rings is 1. The van der Waals surface area contributed by atoms with Crippen LogP contribution in [0.15, 0.2) is 36.5 Å². The zero-order valence-corrected chi connectivity index (χ0v) is 13.5. The summed E-state index contributed by atoms with van der Waals surface area (Å²) < 4.78 is 12.6. The highest BCUT2D eigenvalue weighted by Crippen LogP contribution is 2.35. The molecule has 116 valence electrons. The molecule has 0 saturated carbocycles. The average molecular weight is 328 g/mol. The molecule has 0 unspecified atom stereocenters. The van der Waals surface area contributed by atoms with Crippen molar-refractivity contribution >= 4 is 17.2 Å². The third kappa shape index (κ3) is 2.69. The van der Waals surface area contributed by atoms with Crippen LogP contribution in [-0.2, 0) is 6.42 Å². The summed E-state index contributed by atoms with van der Waals surface area (Å²) in [6.07, 6.45) is 1.96. The second kappa shape index (κ2) is 6.19. The molecule has 0 spiro atoms. The lowest BCUT2D eigenvalue weighted by atomic mass is 10.1. The van der Waals surface area contributed by atoms with Crippen molar-refractivity contribution in [3.8, 4) is 28.8 Å². The molecule has 0 aliphatic rings. The smallest absolute Gasteiger partial charge is 0.137 e. The number of fused-ring (bicyclic) bond motifs is 1. The van der Waals surface area contributed by atoms with Crippen molar-refractivity contribution in [2.75, 3.05) is 14.2 Å². The summed E-state index contributed by atoms with van der Waals surface area (Å²) in [6, 6.07) is 11.3. The fourth-order valence-corrected chi connectivity index (χ4v) is 2.69. The van der Waals surface area contributed by atoms with Crippen LogP contribution in [0, 0.1) is 11.3 Å². The van der Waals surface area contributed by atoms with Crippen LogP contribution in [0.5, 0.6) is 11.5 Å². The van der Waals surface area contributed by atoms with Crippen molar-refractivity contribution in [2.45, 2.75) is 6.42 Å². The first kappa shape index (κ1) is 15.2. The molecule has 0 N–H and O–H groups in total. The van der Waals surface area contributed by atoms with Crippen LogP contribution in [0.25, 0.3) is 16.9 Å². The molecular weight excluding hydrogens is 314 g/mol. The number of nitrogens with zero attached hydrogens (tertiary/aromatic N) is 3. The van der Waals surface area contributed by atoms with Crippen LogP contribution in [0.3, 0.4) is 0 Å². The topological polar surface area (TPSA) is 59.6 Å². The van der Waals surface area contributed by atoms with Gasteiger partial charge in [0.25, 0.3) is 0 Å². The van der Waals surface area contributed by atoms with Gasteiger partial charge in [0, 0.05) is 11.8 Å². The van der Waals surface area contributed by atoms with Gasteiger partial charge in [-0.3, -0.25) is 0 Å². The van der Waals surface area contributed by atoms with E-state index in [4.69, 9.17) is 21.1 Å². The molecular formula is C17H14ClN3O2. The van der Waals surface area contributed by atoms with E-state index in [1.54, 1.807) is 26.5 Å². The highest BCUT2D eigenvalue weighted by molar-refractivity contribution is 6.30. The summed E-state index contributed by atoms with van der Waals surface area (Å²) in [6.45, 7) is 0. The van der Waals surface area contributed by atoms with E-state index in [0.29, 0.717) is 22.2 Å². The number of hydrogen-bond acceptors (Lipinski definition) is 4. The number of ether oxygens (including phenoxy) is 2. The number of pyridine rings is 1. The molecule has 0 atom stereocenters. The van der Waals surface area contributed by atoms with E-state index in [-0.39, 0.29) is 6.42 Å². The van der Waals surface area contributed by atoms with Gasteiger partial charge >= 0.3 is 0 Å². The molecule has 0 fully saturated rings. The van der Waals surface area contributed by atoms with Gasteiger partial charge in [0.05, 0.1) is 43.1 Å². The van der Waals surface area contributed by atoms with Crippen LogP contribution in [-0.4, -0.2) is 23.6 Å². The number of halogens is 1. The maximum Gasteiger partial charge on any atom is 0.137 e. The fourth-order valence-electron chi connectivity index (χ4n) is 2.53. The second-order valence-electron chi connectivity index (χ2n) is 4.88. The predicted octanol–water partition coefficient (Wildman–Crippen LogP) is 3.74. The predicted molar refractivity (Wildman–Crippen MR) is 88.1 cm³/mol. The Balaban J connectivity index is 2.31. The van der Waals surface area contributed by atoms with E-state index in [2.05, 4.69) is 11.1 Å². The van der Waals surface area contributed by atoms with E-state index in [1.165, 1.54) is 0 Å². The number of aromatic nitrogens is 2. The van der Waals surface area contributed by atoms with Crippen molar-refractivity contribution in [1.82, 2.24) is 9.38 Å². The molecule has 0 aliphatic carbocycles. The number of rotatable bonds is 4. The summed E-state index contributed by atoms with van der Waals surface area (Å²) in [5.74, 6) is 1.36. The molecule has 0 amide bonds. The van der Waals surface area contributed by atoms with E-state index in [1.807, 2.05) is 28.7 Å². The van der Waals surface area contributed by atoms with Crippen molar-refractivity contribution in [3.05, 3.63) is 47.2 Å². The van der Waals surface area contributed by atoms with Crippen molar-refractivity contribution < 1.29 is 9.47 Å². The van der Waals surface area contributed by atoms with Crippen molar-refractivity contribution in [3.63, 3.8) is 0 Å². The minimum atomic E-state index is 0.206. The Labute approximate surface area is 138 Å². The summed E-state index contributed by atoms with van der Waals surface area (Å²) >= 11 is 6.08. The first-order valence-electron chi connectivity index (χ1n) is 6.93. The zero-order chi connectivity index (χ0) is 16.4. The SMILES string of the molecule is COc1ccc(OC)c(-c2nc3ccc(Cl)cn3c2CC#N)c1. The Bertz CT molecular complexity index is 912. The zero-order valence-electron chi connectivity index (χ0n) is 12.7. The molecule has 0 bridgehead atoms. The monoisotopic (exact) mass is 327 g/mol. The Morgan fingerprint density at radius 2 is 2.04 bits per heavy atom. The lowest BCUT2D eigenvalue weighted by Gasteiger charge is -2.10. The molecule has 3 aromatic rings. The molecule has 6 heteroatoms. The van der Waals surface area contributed by atoms with Gasteiger partial charge in [0.15, 0.2) is 0 Å². The first-order chi connectivity index (χ1) is 11.2. The minimum absolute atomic E-state index is 0.206. The molecule has 3 rings (SSSR count). The standard InChI is InChI=1S/C17H14ClN3O2/c1-22-12-4-5-15(23-2)13(9-12)17-14(7-8-19)21-10-11(18)3-6-16(21)20-17/h3-6,9-10H,7H2,1-2H3. The van der Waals surface area contributed by atoms with Gasteiger partial charge in [-0.05, 0) is 30.3 Å². The van der Waals surface area contributed by atoms with Crippen LogP contribution >= 0.6 is 11.6 Å². The number of hydrogen-bond donors (Lipinski definition) is 0. The minimum Gasteiger partial charge on any atom is -0.497 e. The van der Waals surface area contributed by atoms with Gasteiger partial charge in [-0.15, -0.1) is 0 Å². The molecule has 0 saturated heterocycles. The van der Waals surface area contributed by atoms with Gasteiger partial charge in [-0.1, -0.05) is 11.6 Å². The lowest BCUT2D eigenvalue weighted by Crippen LogP contribution is -1.96. The Morgan fingerprint density at radius 1 is 1.22 bits per heavy atom. The lowest BCUT2D eigenvalue weighted by molar-refractivity contribution is 0.404. The second-order valence-corrected chi connectivity index (χ2v) is 5.32. The van der Waals surface area contributed by atoms with E-state index < -0.39 is 0 Å². The largest absolute Gasteiger partial charge is 0.497 e. The number of nitriles is 1. The maximum atomic E-state index is 9.19. The van der Waals surface area contributed by atoms with Gasteiger partial charge in [0.2, 0.25) is 0 Å². The Kier molecular flexibility index (Phi) is 4.09. The summed E-state index contributed by atoms with van der Waals surface area (Å²) in [4.78, 5) is 4.64. The fraction of sp³-hybridized carbons (Fsp3) is 0.176. The highest BCUT2D eigenvalue weighted by atomic mass is 35.5. The summed E-state index contributed by atoms with van der Waals surface area (Å²) in [5.41, 5.74) is 2.94. The third-order valence-electron chi connectivity index (χ3n) is 3.59. The molecule has 1 aromatic carbocycles. The summed E-state index contributed by atoms with van der Waals surface area (Å²) in [5, 5.41) is 9.77. The number of methoxy groups -OCH3 is 2. The molecule has 2 heterocycles. The van der Waals surface area contributed by atoms with Crippen LogP contribution in [0.2, 0.25) is 5.02 Å². The Morgan fingerprint density at radius 3 is 2.74 bits per heavy atom. The van der Waals surface area contributed by atoms with Crippen LogP contribution in [0.1, 0.15) is 5.69 Å². The molecule has 5 nitrogen and oxygen atoms in total. The summed E-state index contributed by atoms with van der Waals surface area (Å²) in [7, 11) is 3.20. The molecule has 0 radical (unpaired) electrons. The van der Waals surface area contributed by atoms with E-state index in [9.17, 15) is 5.26 Å². The van der Waals surface area contributed by atoms with E-state index in [0.717, 1.165) is 16.9 Å². The highest BCUT2D eigenvalue weighted by Gasteiger charge is 2.18. The van der Waals surface area contributed by atoms with Crippen LogP contribution in [0.4, 0.5) is 0 Å². The maximum absolute atomic E-state index is 9.19. The quantitative estimate of drug-likeness (QED) is 0.732. The number of benzene rings is 1. The van der Waals surface area contributed by atoms with Gasteiger partial charge < -0.3 is 13.9 Å². The van der Waals surface area contributed by atoms with Gasteiger partial charge in [-0.25, -0.2) is 4.98 Å². The first-order valence-corrected chi connectivity index (χ1v) is 7.31. The van der Waals surface area contributed by atoms with E-state index >= 15 is 0 Å². The third-order valence-corrected chi connectivity index (χ3v) is 3.81. The van der Waals surface area contributed by atoms with Crippen molar-refractivity contribution in [2.24, 2.45) is 0 Å². The molecule has 23 heavy (non-hydrogen) atoms. The van der Waals surface area contributed by atoms with Gasteiger partial charge in [-0.2, -0.15) is 5.26 Å². The molecule has 0 aliphatic heterocycles.